The van der Waals surface area contributed by atoms with Crippen LogP contribution in [0.15, 0.2) is 12.1 Å². The van der Waals surface area contributed by atoms with E-state index in [1.165, 1.54) is 32.0 Å². The van der Waals surface area contributed by atoms with Crippen molar-refractivity contribution >= 4 is 5.91 Å². The van der Waals surface area contributed by atoms with Crippen molar-refractivity contribution in [2.45, 2.75) is 38.1 Å². The van der Waals surface area contributed by atoms with Crippen LogP contribution >= 0.6 is 0 Å². The van der Waals surface area contributed by atoms with E-state index >= 15 is 0 Å². The Morgan fingerprint density at radius 1 is 1.00 bits per heavy atom. The van der Waals surface area contributed by atoms with E-state index in [4.69, 9.17) is 9.47 Å². The van der Waals surface area contributed by atoms with Crippen LogP contribution in [0.1, 0.15) is 42.5 Å². The lowest BCUT2D eigenvalue weighted by Gasteiger charge is -2.26. The summed E-state index contributed by atoms with van der Waals surface area (Å²) in [5.74, 6) is 0.868. The molecule has 0 aliphatic carbocycles. The second-order valence-corrected chi connectivity index (χ2v) is 6.84. The third-order valence-corrected chi connectivity index (χ3v) is 5.36. The summed E-state index contributed by atoms with van der Waals surface area (Å²) >= 11 is 0. The van der Waals surface area contributed by atoms with Crippen LogP contribution in [0.5, 0.6) is 17.2 Å². The quantitative estimate of drug-likeness (QED) is 0.900. The van der Waals surface area contributed by atoms with Crippen LogP contribution < -0.4 is 9.47 Å². The zero-order chi connectivity index (χ0) is 16.5. The fourth-order valence-corrected chi connectivity index (χ4v) is 4.03. The number of carbonyl (C=O) groups is 1. The Morgan fingerprint density at radius 3 is 2.54 bits per heavy atom. The van der Waals surface area contributed by atoms with Crippen molar-refractivity contribution < 1.29 is 19.4 Å². The van der Waals surface area contributed by atoms with E-state index in [0.717, 1.165) is 32.4 Å². The summed E-state index contributed by atoms with van der Waals surface area (Å²) < 4.78 is 10.6. The van der Waals surface area contributed by atoms with Crippen LogP contribution in [-0.2, 0) is 0 Å². The maximum absolute atomic E-state index is 12.9. The van der Waals surface area contributed by atoms with Crippen LogP contribution in [0.25, 0.3) is 0 Å². The van der Waals surface area contributed by atoms with E-state index in [1.807, 2.05) is 4.90 Å². The molecule has 0 bridgehead atoms. The van der Waals surface area contributed by atoms with Gasteiger partial charge in [-0.15, -0.1) is 0 Å². The van der Waals surface area contributed by atoms with Gasteiger partial charge in [0, 0.05) is 31.3 Å². The maximum Gasteiger partial charge on any atom is 0.257 e. The van der Waals surface area contributed by atoms with Gasteiger partial charge in [0.25, 0.3) is 5.91 Å². The highest BCUT2D eigenvalue weighted by atomic mass is 16.7. The predicted molar refractivity (Wildman–Crippen MR) is 88.6 cm³/mol. The molecule has 0 radical (unpaired) electrons. The number of benzene rings is 1. The van der Waals surface area contributed by atoms with E-state index < -0.39 is 0 Å². The first kappa shape index (κ1) is 15.6. The van der Waals surface area contributed by atoms with Gasteiger partial charge in [-0.2, -0.15) is 0 Å². The van der Waals surface area contributed by atoms with Gasteiger partial charge in [-0.1, -0.05) is 0 Å². The number of nitrogens with zero attached hydrogens (tertiary/aromatic N) is 2. The number of hydrogen-bond acceptors (Lipinski definition) is 5. The summed E-state index contributed by atoms with van der Waals surface area (Å²) in [7, 11) is 0. The van der Waals surface area contributed by atoms with Crippen LogP contribution in [0.2, 0.25) is 0 Å². The molecule has 3 heterocycles. The van der Waals surface area contributed by atoms with Crippen LogP contribution in [0.3, 0.4) is 0 Å². The van der Waals surface area contributed by atoms with Gasteiger partial charge in [0.05, 0.1) is 5.56 Å². The topological polar surface area (TPSA) is 62.2 Å². The molecule has 6 heteroatoms. The SMILES string of the molecule is O=C(c1cc2c(cc1O)OCO2)N1CCC[C@@H](N2CCCC2)CC1. The second-order valence-electron chi connectivity index (χ2n) is 6.84. The fraction of sp³-hybridized carbons (Fsp3) is 0.611. The Labute approximate surface area is 141 Å². The molecule has 0 aromatic heterocycles. The fourth-order valence-electron chi connectivity index (χ4n) is 4.03. The largest absolute Gasteiger partial charge is 0.507 e. The molecule has 3 aliphatic heterocycles. The van der Waals surface area contributed by atoms with Crippen molar-refractivity contribution in [1.82, 2.24) is 9.80 Å². The average molecular weight is 332 g/mol. The molecule has 130 valence electrons. The van der Waals surface area contributed by atoms with Gasteiger partial charge in [0.1, 0.15) is 5.75 Å². The van der Waals surface area contributed by atoms with Crippen molar-refractivity contribution in [2.24, 2.45) is 0 Å². The number of carbonyl (C=O) groups excluding carboxylic acids is 1. The van der Waals surface area contributed by atoms with Crippen molar-refractivity contribution in [3.63, 3.8) is 0 Å². The Hall–Kier alpha value is -1.95. The zero-order valence-electron chi connectivity index (χ0n) is 13.9. The van der Waals surface area contributed by atoms with Crippen LogP contribution in [-0.4, -0.2) is 59.8 Å². The molecular weight excluding hydrogens is 308 g/mol. The summed E-state index contributed by atoms with van der Waals surface area (Å²) in [6.07, 6.45) is 5.76. The number of likely N-dealkylation sites (tertiary alicyclic amines) is 2. The molecule has 1 atom stereocenters. The Kier molecular flexibility index (Phi) is 4.22. The third kappa shape index (κ3) is 2.90. The van der Waals surface area contributed by atoms with Crippen molar-refractivity contribution in [2.75, 3.05) is 33.0 Å². The summed E-state index contributed by atoms with van der Waals surface area (Å²) in [6, 6.07) is 3.67. The van der Waals surface area contributed by atoms with Crippen molar-refractivity contribution in [1.29, 1.82) is 0 Å². The minimum atomic E-state index is -0.118. The summed E-state index contributed by atoms with van der Waals surface area (Å²) in [5.41, 5.74) is 0.305. The Morgan fingerprint density at radius 2 is 1.75 bits per heavy atom. The lowest BCUT2D eigenvalue weighted by Crippen LogP contribution is -2.35. The molecular formula is C18H24N2O4. The van der Waals surface area contributed by atoms with Gasteiger partial charge in [-0.25, -0.2) is 0 Å². The smallest absolute Gasteiger partial charge is 0.257 e. The minimum Gasteiger partial charge on any atom is -0.507 e. The van der Waals surface area contributed by atoms with Crippen molar-refractivity contribution in [3.05, 3.63) is 17.7 Å². The first-order chi connectivity index (χ1) is 11.7. The molecule has 6 nitrogen and oxygen atoms in total. The standard InChI is InChI=1S/C18H24N2O4/c21-15-11-17-16(23-12-24-17)10-14(15)18(22)20-8-3-4-13(5-9-20)19-6-1-2-7-19/h10-11,13,21H,1-9,12H2/t13-/m1/s1. The molecule has 1 N–H and O–H groups in total. The van der Waals surface area contributed by atoms with Crippen molar-refractivity contribution in [3.8, 4) is 17.2 Å². The number of phenolic OH excluding ortho intramolecular Hbond substituents is 1. The molecule has 0 spiro atoms. The molecule has 24 heavy (non-hydrogen) atoms. The number of aromatic hydroxyl groups is 1. The van der Waals surface area contributed by atoms with Crippen LogP contribution in [0, 0.1) is 0 Å². The van der Waals surface area contributed by atoms with Gasteiger partial charge >= 0.3 is 0 Å². The van der Waals surface area contributed by atoms with Gasteiger partial charge in [0.15, 0.2) is 11.5 Å². The molecule has 4 rings (SSSR count). The number of phenols is 1. The Balaban J connectivity index is 1.46. The van der Waals surface area contributed by atoms with Gasteiger partial charge in [-0.05, 0) is 45.2 Å². The van der Waals surface area contributed by atoms with E-state index in [-0.39, 0.29) is 18.4 Å². The number of fused-ring (bicyclic) bond motifs is 1. The highest BCUT2D eigenvalue weighted by Gasteiger charge is 2.29. The highest BCUT2D eigenvalue weighted by molar-refractivity contribution is 5.97. The number of ether oxygens (including phenoxy) is 2. The molecule has 1 amide bonds. The molecule has 1 aromatic carbocycles. The van der Waals surface area contributed by atoms with E-state index in [2.05, 4.69) is 4.90 Å². The number of rotatable bonds is 2. The molecule has 0 unspecified atom stereocenters. The molecule has 0 saturated carbocycles. The predicted octanol–water partition coefficient (Wildman–Crippen LogP) is 2.21. The highest BCUT2D eigenvalue weighted by Crippen LogP contribution is 2.38. The molecule has 3 aliphatic rings. The molecule has 2 fully saturated rings. The first-order valence-corrected chi connectivity index (χ1v) is 8.88. The summed E-state index contributed by atoms with van der Waals surface area (Å²) in [5, 5.41) is 10.2. The Bertz CT molecular complexity index is 628. The molecule has 2 saturated heterocycles. The minimum absolute atomic E-state index is 0.0374. The second kappa shape index (κ2) is 6.51. The summed E-state index contributed by atoms with van der Waals surface area (Å²) in [6.45, 7) is 4.02. The third-order valence-electron chi connectivity index (χ3n) is 5.36. The number of hydrogen-bond donors (Lipinski definition) is 1. The summed E-state index contributed by atoms with van der Waals surface area (Å²) in [4.78, 5) is 17.3. The number of amides is 1. The first-order valence-electron chi connectivity index (χ1n) is 8.88. The van der Waals surface area contributed by atoms with E-state index in [1.54, 1.807) is 6.07 Å². The normalized spacial score (nSPS) is 24.2. The van der Waals surface area contributed by atoms with E-state index in [9.17, 15) is 9.90 Å². The van der Waals surface area contributed by atoms with Crippen LogP contribution in [0.4, 0.5) is 0 Å². The zero-order valence-corrected chi connectivity index (χ0v) is 13.9. The van der Waals surface area contributed by atoms with Gasteiger partial charge in [-0.3, -0.25) is 4.79 Å². The maximum atomic E-state index is 12.9. The lowest BCUT2D eigenvalue weighted by atomic mass is 10.1. The average Bonchev–Trinajstić information content (AvgIpc) is 3.20. The lowest BCUT2D eigenvalue weighted by molar-refractivity contribution is 0.0754. The van der Waals surface area contributed by atoms with Gasteiger partial charge in [0.2, 0.25) is 6.79 Å². The van der Waals surface area contributed by atoms with E-state index in [0.29, 0.717) is 23.1 Å². The monoisotopic (exact) mass is 332 g/mol. The molecule has 1 aromatic rings. The van der Waals surface area contributed by atoms with Gasteiger partial charge < -0.3 is 24.4 Å².